The summed E-state index contributed by atoms with van der Waals surface area (Å²) in [5, 5.41) is 12.7. The Kier molecular flexibility index (Phi) is 5.11. The standard InChI is InChI=1S/C17H12Br2ClNO3/c18-11-5-12(19)15(21-7-8(22)6-20)14-13(11)16(23)9-3-1-2-4-10(9)17(14)24/h1-5,8,21-22H,6-7H2. The summed E-state index contributed by atoms with van der Waals surface area (Å²) in [6.45, 7) is 0.166. The van der Waals surface area contributed by atoms with Crippen molar-refractivity contribution in [1.82, 2.24) is 0 Å². The number of hydrogen-bond acceptors (Lipinski definition) is 4. The predicted octanol–water partition coefficient (Wildman–Crippen LogP) is 4.00. The molecule has 1 aliphatic rings. The van der Waals surface area contributed by atoms with Crippen LogP contribution in [0.2, 0.25) is 0 Å². The average Bonchev–Trinajstić information content (AvgIpc) is 2.58. The Balaban J connectivity index is 2.18. The van der Waals surface area contributed by atoms with Crippen LogP contribution in [0.1, 0.15) is 31.8 Å². The van der Waals surface area contributed by atoms with Crippen LogP contribution >= 0.6 is 43.5 Å². The second kappa shape index (κ2) is 6.96. The van der Waals surface area contributed by atoms with Crippen LogP contribution in [0.25, 0.3) is 0 Å². The topological polar surface area (TPSA) is 66.4 Å². The zero-order chi connectivity index (χ0) is 17.4. The molecule has 7 heteroatoms. The summed E-state index contributed by atoms with van der Waals surface area (Å²) >= 11 is 12.4. The smallest absolute Gasteiger partial charge is 0.196 e. The van der Waals surface area contributed by atoms with E-state index in [-0.39, 0.29) is 24.0 Å². The molecule has 0 radical (unpaired) electrons. The van der Waals surface area contributed by atoms with Gasteiger partial charge in [0.25, 0.3) is 0 Å². The number of fused-ring (bicyclic) bond motifs is 2. The maximum Gasteiger partial charge on any atom is 0.196 e. The minimum Gasteiger partial charge on any atom is -0.390 e. The fourth-order valence-electron chi connectivity index (χ4n) is 2.66. The minimum absolute atomic E-state index is 0.0685. The Morgan fingerprint density at radius 2 is 1.62 bits per heavy atom. The number of aliphatic hydroxyl groups excluding tert-OH is 1. The summed E-state index contributed by atoms with van der Waals surface area (Å²) in [4.78, 5) is 25.8. The summed E-state index contributed by atoms with van der Waals surface area (Å²) in [6, 6.07) is 8.47. The van der Waals surface area contributed by atoms with Crippen LogP contribution < -0.4 is 5.32 Å². The summed E-state index contributed by atoms with van der Waals surface area (Å²) in [6.07, 6.45) is -0.764. The molecule has 0 bridgehead atoms. The Bertz CT molecular complexity index is 854. The van der Waals surface area contributed by atoms with E-state index in [0.29, 0.717) is 36.9 Å². The lowest BCUT2D eigenvalue weighted by molar-refractivity contribution is 0.0979. The van der Waals surface area contributed by atoms with E-state index in [2.05, 4.69) is 37.2 Å². The average molecular weight is 474 g/mol. The molecule has 1 unspecified atom stereocenters. The monoisotopic (exact) mass is 471 g/mol. The number of carbonyl (C=O) groups is 2. The van der Waals surface area contributed by atoms with Gasteiger partial charge in [0.15, 0.2) is 11.6 Å². The first-order valence-electron chi connectivity index (χ1n) is 7.14. The van der Waals surface area contributed by atoms with Crippen LogP contribution in [0.5, 0.6) is 0 Å². The van der Waals surface area contributed by atoms with E-state index in [9.17, 15) is 14.7 Å². The molecule has 0 saturated carbocycles. The third-order valence-electron chi connectivity index (χ3n) is 3.79. The summed E-state index contributed by atoms with van der Waals surface area (Å²) in [5.74, 6) is -0.371. The third kappa shape index (κ3) is 2.92. The van der Waals surface area contributed by atoms with Gasteiger partial charge in [0, 0.05) is 26.6 Å². The Morgan fingerprint density at radius 1 is 1.04 bits per heavy atom. The second-order valence-corrected chi connectivity index (χ2v) is 7.38. The van der Waals surface area contributed by atoms with Crippen molar-refractivity contribution in [2.75, 3.05) is 17.7 Å². The maximum atomic E-state index is 13.0. The predicted molar refractivity (Wildman–Crippen MR) is 100 cm³/mol. The van der Waals surface area contributed by atoms with Crippen molar-refractivity contribution in [2.45, 2.75) is 6.10 Å². The zero-order valence-electron chi connectivity index (χ0n) is 12.3. The third-order valence-corrected chi connectivity index (χ3v) is 5.40. The lowest BCUT2D eigenvalue weighted by Gasteiger charge is -2.23. The highest BCUT2D eigenvalue weighted by molar-refractivity contribution is 9.11. The number of anilines is 1. The van der Waals surface area contributed by atoms with Crippen molar-refractivity contribution in [3.63, 3.8) is 0 Å². The molecular weight excluding hydrogens is 461 g/mol. The van der Waals surface area contributed by atoms with Crippen LogP contribution in [0.4, 0.5) is 5.69 Å². The highest BCUT2D eigenvalue weighted by Gasteiger charge is 2.34. The Morgan fingerprint density at radius 3 is 2.21 bits per heavy atom. The van der Waals surface area contributed by atoms with Gasteiger partial charge >= 0.3 is 0 Å². The van der Waals surface area contributed by atoms with Crippen molar-refractivity contribution in [3.8, 4) is 0 Å². The lowest BCUT2D eigenvalue weighted by Crippen LogP contribution is -2.26. The SMILES string of the molecule is O=C1c2ccccc2C(=O)c2c(NCC(O)CCl)c(Br)cc(Br)c21. The van der Waals surface area contributed by atoms with Gasteiger partial charge in [0.1, 0.15) is 0 Å². The molecule has 24 heavy (non-hydrogen) atoms. The molecule has 0 aromatic heterocycles. The molecule has 1 aliphatic carbocycles. The first-order chi connectivity index (χ1) is 11.5. The molecule has 3 rings (SSSR count). The van der Waals surface area contributed by atoms with Gasteiger partial charge in [-0.2, -0.15) is 0 Å². The fourth-order valence-corrected chi connectivity index (χ4v) is 4.26. The molecular formula is C17H12Br2ClNO3. The molecule has 4 nitrogen and oxygen atoms in total. The van der Waals surface area contributed by atoms with Crippen LogP contribution in [-0.4, -0.2) is 35.2 Å². The molecule has 2 aromatic rings. The highest BCUT2D eigenvalue weighted by Crippen LogP contribution is 2.40. The number of benzene rings is 2. The van der Waals surface area contributed by atoms with Gasteiger partial charge < -0.3 is 10.4 Å². The van der Waals surface area contributed by atoms with Gasteiger partial charge in [0.05, 0.1) is 28.8 Å². The zero-order valence-corrected chi connectivity index (χ0v) is 16.2. The molecule has 0 aliphatic heterocycles. The maximum absolute atomic E-state index is 13.0. The normalized spacial score (nSPS) is 14.2. The van der Waals surface area contributed by atoms with E-state index >= 15 is 0 Å². The van der Waals surface area contributed by atoms with Crippen LogP contribution in [0, 0.1) is 0 Å². The van der Waals surface area contributed by atoms with Crippen LogP contribution in [-0.2, 0) is 0 Å². The molecule has 0 fully saturated rings. The summed E-state index contributed by atoms with van der Waals surface area (Å²) in [7, 11) is 0. The first kappa shape index (κ1) is 17.6. The molecule has 1 atom stereocenters. The largest absolute Gasteiger partial charge is 0.390 e. The molecule has 0 heterocycles. The highest BCUT2D eigenvalue weighted by atomic mass is 79.9. The Hall–Kier alpha value is -1.21. The number of halogens is 3. The number of ketones is 2. The molecule has 0 spiro atoms. The summed E-state index contributed by atoms with van der Waals surface area (Å²) < 4.78 is 1.16. The van der Waals surface area contributed by atoms with Gasteiger partial charge in [-0.05, 0) is 37.9 Å². The van der Waals surface area contributed by atoms with Crippen molar-refractivity contribution < 1.29 is 14.7 Å². The lowest BCUT2D eigenvalue weighted by atomic mass is 9.83. The van der Waals surface area contributed by atoms with Crippen LogP contribution in [0.3, 0.4) is 0 Å². The van der Waals surface area contributed by atoms with Gasteiger partial charge in [-0.25, -0.2) is 0 Å². The number of carbonyl (C=O) groups excluding carboxylic acids is 2. The number of nitrogens with one attached hydrogen (secondary N) is 1. The van der Waals surface area contributed by atoms with Crippen molar-refractivity contribution in [1.29, 1.82) is 0 Å². The van der Waals surface area contributed by atoms with E-state index in [4.69, 9.17) is 11.6 Å². The number of aliphatic hydroxyl groups is 1. The first-order valence-corrected chi connectivity index (χ1v) is 9.26. The number of rotatable bonds is 4. The molecule has 124 valence electrons. The van der Waals surface area contributed by atoms with Crippen molar-refractivity contribution in [3.05, 3.63) is 61.5 Å². The quantitative estimate of drug-likeness (QED) is 0.563. The molecule has 2 N–H and O–H groups in total. The minimum atomic E-state index is -0.764. The van der Waals surface area contributed by atoms with Gasteiger partial charge in [-0.15, -0.1) is 11.6 Å². The van der Waals surface area contributed by atoms with E-state index in [1.54, 1.807) is 30.3 Å². The van der Waals surface area contributed by atoms with E-state index < -0.39 is 6.10 Å². The number of alkyl halides is 1. The summed E-state index contributed by atoms with van der Waals surface area (Å²) in [5.41, 5.74) is 1.86. The number of hydrogen-bond donors (Lipinski definition) is 2. The second-order valence-electron chi connectivity index (χ2n) is 5.36. The van der Waals surface area contributed by atoms with Gasteiger partial charge in [0.2, 0.25) is 0 Å². The molecule has 0 amide bonds. The Labute approximate surface area is 160 Å². The fraction of sp³-hybridized carbons (Fsp3) is 0.176. The van der Waals surface area contributed by atoms with Gasteiger partial charge in [-0.3, -0.25) is 9.59 Å². The van der Waals surface area contributed by atoms with Crippen LogP contribution in [0.15, 0.2) is 39.3 Å². The van der Waals surface area contributed by atoms with Crippen molar-refractivity contribution >= 4 is 60.7 Å². The van der Waals surface area contributed by atoms with Gasteiger partial charge in [-0.1, -0.05) is 24.3 Å². The van der Waals surface area contributed by atoms with E-state index in [1.807, 2.05) is 0 Å². The van der Waals surface area contributed by atoms with E-state index in [0.717, 1.165) is 0 Å². The molecule has 2 aromatic carbocycles. The molecule has 0 saturated heterocycles. The van der Waals surface area contributed by atoms with Crippen molar-refractivity contribution in [2.24, 2.45) is 0 Å². The van der Waals surface area contributed by atoms with E-state index in [1.165, 1.54) is 0 Å².